The predicted octanol–water partition coefficient (Wildman–Crippen LogP) is 3.27. The number of nitrogens with one attached hydrogen (secondary N) is 3. The normalized spacial score (nSPS) is 18.3. The molecule has 0 saturated heterocycles. The number of imidazole rings is 1. The number of para-hydroxylation sites is 2. The average Bonchev–Trinajstić information content (AvgIpc) is 3.27. The average molecular weight is 380 g/mol. The van der Waals surface area contributed by atoms with Crippen molar-refractivity contribution in [2.24, 2.45) is 11.8 Å². The first-order chi connectivity index (χ1) is 13.1. The second-order valence-electron chi connectivity index (χ2n) is 6.81. The Balaban J connectivity index is 1.30. The van der Waals surface area contributed by atoms with Gasteiger partial charge in [-0.05, 0) is 42.2 Å². The van der Waals surface area contributed by atoms with Crippen molar-refractivity contribution >= 4 is 34.6 Å². The zero-order chi connectivity index (χ0) is 18.8. The molecular weight excluding hydrogens is 360 g/mol. The van der Waals surface area contributed by atoms with Gasteiger partial charge in [0.15, 0.2) is 5.16 Å². The van der Waals surface area contributed by atoms with Gasteiger partial charge >= 0.3 is 0 Å². The van der Waals surface area contributed by atoms with Gasteiger partial charge in [-0.25, -0.2) is 4.98 Å². The maximum Gasteiger partial charge on any atom is 0.269 e. The van der Waals surface area contributed by atoms with Gasteiger partial charge in [0.05, 0.1) is 11.0 Å². The largest absolute Gasteiger partial charge is 0.333 e. The summed E-state index contributed by atoms with van der Waals surface area (Å²) in [6.45, 7) is 2.02. The third-order valence-corrected chi connectivity index (χ3v) is 5.65. The van der Waals surface area contributed by atoms with E-state index in [0.717, 1.165) is 33.9 Å². The topological polar surface area (TPSA) is 86.9 Å². The molecule has 1 saturated carbocycles. The van der Waals surface area contributed by atoms with Gasteiger partial charge in [0.1, 0.15) is 0 Å². The number of nitrogens with zero attached hydrogens (tertiary/aromatic N) is 1. The first-order valence-electron chi connectivity index (χ1n) is 8.87. The molecule has 7 heteroatoms. The number of aromatic amines is 1. The van der Waals surface area contributed by atoms with Crippen LogP contribution in [0.3, 0.4) is 0 Å². The molecule has 0 spiro atoms. The fraction of sp³-hybridized carbons (Fsp3) is 0.250. The van der Waals surface area contributed by atoms with Crippen LogP contribution in [0.25, 0.3) is 11.0 Å². The smallest absolute Gasteiger partial charge is 0.269 e. The third-order valence-electron chi connectivity index (χ3n) is 4.70. The molecule has 2 atom stereocenters. The Kier molecular flexibility index (Phi) is 4.85. The number of benzene rings is 2. The van der Waals surface area contributed by atoms with Gasteiger partial charge in [-0.2, -0.15) is 0 Å². The Morgan fingerprint density at radius 3 is 2.59 bits per heavy atom. The zero-order valence-corrected chi connectivity index (χ0v) is 15.7. The van der Waals surface area contributed by atoms with Crippen LogP contribution < -0.4 is 10.9 Å². The Morgan fingerprint density at radius 2 is 1.89 bits per heavy atom. The molecule has 0 bridgehead atoms. The van der Waals surface area contributed by atoms with E-state index in [2.05, 4.69) is 20.8 Å². The molecule has 0 unspecified atom stereocenters. The van der Waals surface area contributed by atoms with Crippen molar-refractivity contribution in [1.82, 2.24) is 20.8 Å². The van der Waals surface area contributed by atoms with Crippen molar-refractivity contribution in [3.05, 3.63) is 59.7 Å². The van der Waals surface area contributed by atoms with Gasteiger partial charge in [0.2, 0.25) is 5.91 Å². The molecule has 1 aliphatic rings. The summed E-state index contributed by atoms with van der Waals surface area (Å²) in [7, 11) is 0. The lowest BCUT2D eigenvalue weighted by Gasteiger charge is -2.07. The summed E-state index contributed by atoms with van der Waals surface area (Å²) in [5, 5.41) is 0.870. The molecule has 6 nitrogen and oxygen atoms in total. The molecule has 4 rings (SSSR count). The fourth-order valence-corrected chi connectivity index (χ4v) is 3.71. The van der Waals surface area contributed by atoms with Crippen LogP contribution in [-0.4, -0.2) is 21.8 Å². The van der Waals surface area contributed by atoms with Crippen LogP contribution in [0, 0.1) is 11.8 Å². The van der Waals surface area contributed by atoms with E-state index >= 15 is 0 Å². The van der Waals surface area contributed by atoms with E-state index in [1.54, 1.807) is 23.9 Å². The number of hydrazine groups is 1. The molecule has 1 fully saturated rings. The Hall–Kier alpha value is -2.80. The highest BCUT2D eigenvalue weighted by atomic mass is 32.2. The van der Waals surface area contributed by atoms with E-state index < -0.39 is 0 Å². The molecule has 1 aliphatic carbocycles. The molecule has 138 valence electrons. The summed E-state index contributed by atoms with van der Waals surface area (Å²) in [5.74, 6) is 0.758. The third kappa shape index (κ3) is 4.14. The Morgan fingerprint density at radius 1 is 1.15 bits per heavy atom. The van der Waals surface area contributed by atoms with Gasteiger partial charge in [0, 0.05) is 17.2 Å². The van der Waals surface area contributed by atoms with Gasteiger partial charge < -0.3 is 4.98 Å². The number of H-pyrrole nitrogens is 1. The summed E-state index contributed by atoms with van der Waals surface area (Å²) in [4.78, 5) is 31.7. The zero-order valence-electron chi connectivity index (χ0n) is 14.9. The fourth-order valence-electron chi connectivity index (χ4n) is 2.87. The van der Waals surface area contributed by atoms with Crippen molar-refractivity contribution in [2.75, 3.05) is 0 Å². The molecule has 1 heterocycles. The second kappa shape index (κ2) is 7.44. The van der Waals surface area contributed by atoms with E-state index in [1.165, 1.54) is 0 Å². The first-order valence-corrected chi connectivity index (χ1v) is 9.85. The van der Waals surface area contributed by atoms with Gasteiger partial charge in [-0.3, -0.25) is 20.4 Å². The van der Waals surface area contributed by atoms with Crippen LogP contribution in [0.5, 0.6) is 0 Å². The van der Waals surface area contributed by atoms with Crippen LogP contribution in [0.2, 0.25) is 0 Å². The maximum absolute atomic E-state index is 12.1. The molecule has 1 aromatic heterocycles. The van der Waals surface area contributed by atoms with E-state index in [-0.39, 0.29) is 17.7 Å². The molecule has 27 heavy (non-hydrogen) atoms. The highest BCUT2D eigenvalue weighted by Crippen LogP contribution is 2.37. The van der Waals surface area contributed by atoms with Gasteiger partial charge in [-0.1, -0.05) is 43.0 Å². The standard InChI is InChI=1S/C20H20N4O2S/c1-12-10-15(12)19(26)24-23-18(25)14-8-6-13(7-9-14)11-27-20-21-16-4-2-3-5-17(16)22-20/h2-9,12,15H,10-11H2,1H3,(H,21,22)(H,23,25)(H,24,26)/t12-,15-/m0/s1. The predicted molar refractivity (Wildman–Crippen MR) is 105 cm³/mol. The molecule has 0 aliphatic heterocycles. The van der Waals surface area contributed by atoms with Crippen molar-refractivity contribution in [2.45, 2.75) is 24.3 Å². The second-order valence-corrected chi connectivity index (χ2v) is 7.77. The summed E-state index contributed by atoms with van der Waals surface area (Å²) in [6.07, 6.45) is 0.888. The van der Waals surface area contributed by atoms with Crippen molar-refractivity contribution in [3.8, 4) is 0 Å². The van der Waals surface area contributed by atoms with Crippen LogP contribution in [-0.2, 0) is 10.5 Å². The number of carbonyl (C=O) groups excluding carboxylic acids is 2. The van der Waals surface area contributed by atoms with Crippen LogP contribution >= 0.6 is 11.8 Å². The summed E-state index contributed by atoms with van der Waals surface area (Å²) >= 11 is 1.61. The summed E-state index contributed by atoms with van der Waals surface area (Å²) in [5.41, 5.74) is 8.54. The minimum atomic E-state index is -0.312. The first kappa shape index (κ1) is 17.6. The lowest BCUT2D eigenvalue weighted by Crippen LogP contribution is -2.42. The summed E-state index contributed by atoms with van der Waals surface area (Å²) in [6, 6.07) is 15.3. The van der Waals surface area contributed by atoms with E-state index in [0.29, 0.717) is 11.5 Å². The Bertz CT molecular complexity index is 950. The number of thioether (sulfide) groups is 1. The maximum atomic E-state index is 12.1. The van der Waals surface area contributed by atoms with Gasteiger partial charge in [-0.15, -0.1) is 0 Å². The van der Waals surface area contributed by atoms with Crippen molar-refractivity contribution in [3.63, 3.8) is 0 Å². The summed E-state index contributed by atoms with van der Waals surface area (Å²) < 4.78 is 0. The number of carbonyl (C=O) groups is 2. The van der Waals surface area contributed by atoms with E-state index in [9.17, 15) is 9.59 Å². The molecule has 2 aromatic carbocycles. The monoisotopic (exact) mass is 380 g/mol. The van der Waals surface area contributed by atoms with Crippen molar-refractivity contribution < 1.29 is 9.59 Å². The lowest BCUT2D eigenvalue weighted by molar-refractivity contribution is -0.123. The lowest BCUT2D eigenvalue weighted by atomic mass is 10.1. The molecule has 0 radical (unpaired) electrons. The number of hydrogen-bond donors (Lipinski definition) is 3. The number of aromatic nitrogens is 2. The highest BCUT2D eigenvalue weighted by molar-refractivity contribution is 7.98. The number of fused-ring (bicyclic) bond motifs is 1. The van der Waals surface area contributed by atoms with E-state index in [1.807, 2.05) is 43.3 Å². The number of hydrogen-bond acceptors (Lipinski definition) is 4. The SMILES string of the molecule is C[C@H]1C[C@@H]1C(=O)NNC(=O)c1ccc(CSc2nc3ccccc3[nH]2)cc1. The molecular formula is C20H20N4O2S. The molecule has 2 amide bonds. The molecule has 3 N–H and O–H groups in total. The molecule has 3 aromatic rings. The highest BCUT2D eigenvalue weighted by Gasteiger charge is 2.39. The number of rotatable bonds is 5. The van der Waals surface area contributed by atoms with Gasteiger partial charge in [0.25, 0.3) is 5.91 Å². The van der Waals surface area contributed by atoms with Crippen LogP contribution in [0.1, 0.15) is 29.3 Å². The van der Waals surface area contributed by atoms with E-state index in [4.69, 9.17) is 0 Å². The quantitative estimate of drug-likeness (QED) is 0.468. The van der Waals surface area contributed by atoms with Crippen molar-refractivity contribution in [1.29, 1.82) is 0 Å². The number of amides is 2. The van der Waals surface area contributed by atoms with Crippen LogP contribution in [0.4, 0.5) is 0 Å². The Labute approximate surface area is 161 Å². The minimum absolute atomic E-state index is 0.0305. The minimum Gasteiger partial charge on any atom is -0.333 e. The van der Waals surface area contributed by atoms with Crippen LogP contribution in [0.15, 0.2) is 53.7 Å².